The summed E-state index contributed by atoms with van der Waals surface area (Å²) in [5, 5.41) is 18.9. The van der Waals surface area contributed by atoms with Gasteiger partial charge in [0.2, 0.25) is 0 Å². The molecule has 0 aromatic carbocycles. The molecule has 1 heterocycles. The molecule has 0 saturated heterocycles. The van der Waals surface area contributed by atoms with Crippen molar-refractivity contribution in [3.63, 3.8) is 0 Å². The fourth-order valence-corrected chi connectivity index (χ4v) is 2.66. The van der Waals surface area contributed by atoms with Crippen molar-refractivity contribution in [2.75, 3.05) is 7.05 Å². The molecule has 1 unspecified atom stereocenters. The summed E-state index contributed by atoms with van der Waals surface area (Å²) in [7, 11) is 3.74. The van der Waals surface area contributed by atoms with Gasteiger partial charge < -0.3 is 5.32 Å². The Bertz CT molecular complexity index is 465. The highest BCUT2D eigenvalue weighted by Crippen LogP contribution is 2.35. The summed E-state index contributed by atoms with van der Waals surface area (Å²) in [6, 6.07) is 0.323. The summed E-state index contributed by atoms with van der Waals surface area (Å²) in [6.45, 7) is 2.01. The summed E-state index contributed by atoms with van der Waals surface area (Å²) < 4.78 is 1.69. The van der Waals surface area contributed by atoms with E-state index < -0.39 is 0 Å². The van der Waals surface area contributed by atoms with Crippen LogP contribution in [0.1, 0.15) is 37.6 Å². The van der Waals surface area contributed by atoms with Crippen LogP contribution in [-0.4, -0.2) is 27.8 Å². The molecule has 1 aromatic rings. The van der Waals surface area contributed by atoms with Crippen molar-refractivity contribution in [1.82, 2.24) is 15.1 Å². The maximum Gasteiger partial charge on any atom is 0.313 e. The van der Waals surface area contributed by atoms with Crippen LogP contribution in [0.15, 0.2) is 0 Å². The second kappa shape index (κ2) is 5.69. The number of aromatic nitrogens is 2. The Kier molecular flexibility index (Phi) is 4.19. The van der Waals surface area contributed by atoms with Gasteiger partial charge >= 0.3 is 5.69 Å². The second-order valence-corrected chi connectivity index (χ2v) is 5.31. The molecule has 0 aliphatic heterocycles. The minimum atomic E-state index is -0.271. The molecule has 0 radical (unpaired) electrons. The van der Waals surface area contributed by atoms with Gasteiger partial charge in [-0.05, 0) is 32.2 Å². The zero-order chi connectivity index (χ0) is 14.0. The van der Waals surface area contributed by atoms with Gasteiger partial charge in [-0.3, -0.25) is 14.8 Å². The Labute approximate surface area is 113 Å². The molecule has 1 atom stereocenters. The predicted molar refractivity (Wildman–Crippen MR) is 73.1 cm³/mol. The number of likely N-dealkylation sites (N-methyl/N-ethyl adjacent to an activating group) is 1. The van der Waals surface area contributed by atoms with Gasteiger partial charge in [-0.15, -0.1) is 0 Å². The Hall–Kier alpha value is -1.43. The van der Waals surface area contributed by atoms with Gasteiger partial charge in [0.15, 0.2) is 0 Å². The summed E-state index contributed by atoms with van der Waals surface area (Å²) in [5.41, 5.74) is 1.60. The highest BCUT2D eigenvalue weighted by molar-refractivity contribution is 5.42. The van der Waals surface area contributed by atoms with Crippen LogP contribution in [0.5, 0.6) is 0 Å². The average Bonchev–Trinajstić information content (AvgIpc) is 3.13. The maximum atomic E-state index is 11.3. The number of hydrogen-bond donors (Lipinski definition) is 1. The van der Waals surface area contributed by atoms with E-state index in [-0.39, 0.29) is 10.6 Å². The molecule has 6 heteroatoms. The van der Waals surface area contributed by atoms with Crippen LogP contribution in [0.4, 0.5) is 5.69 Å². The first-order chi connectivity index (χ1) is 9.08. The Balaban J connectivity index is 2.29. The van der Waals surface area contributed by atoms with Gasteiger partial charge in [0.1, 0.15) is 11.4 Å². The summed E-state index contributed by atoms with van der Waals surface area (Å²) in [5.74, 6) is 0.661. The molecule has 1 aromatic heterocycles. The van der Waals surface area contributed by atoms with Gasteiger partial charge in [-0.2, -0.15) is 5.10 Å². The number of nitrogens with zero attached hydrogens (tertiary/aromatic N) is 3. The third kappa shape index (κ3) is 2.94. The molecular formula is C13H22N4O2. The lowest BCUT2D eigenvalue weighted by Crippen LogP contribution is -2.30. The van der Waals surface area contributed by atoms with E-state index in [0.717, 1.165) is 12.1 Å². The first-order valence-electron chi connectivity index (χ1n) is 6.94. The fraction of sp³-hybridized carbons (Fsp3) is 0.769. The number of aryl methyl sites for hydroxylation is 2. The largest absolute Gasteiger partial charge is 0.316 e. The van der Waals surface area contributed by atoms with Crippen LogP contribution in [0.25, 0.3) is 0 Å². The topological polar surface area (TPSA) is 73.0 Å². The highest BCUT2D eigenvalue weighted by Gasteiger charge is 2.34. The molecular weight excluding hydrogens is 244 g/mol. The van der Waals surface area contributed by atoms with E-state index in [1.807, 2.05) is 14.0 Å². The number of rotatable bonds is 7. The maximum absolute atomic E-state index is 11.3. The van der Waals surface area contributed by atoms with Crippen molar-refractivity contribution in [3.05, 3.63) is 21.5 Å². The summed E-state index contributed by atoms with van der Waals surface area (Å²) >= 11 is 0. The van der Waals surface area contributed by atoms with E-state index in [1.54, 1.807) is 11.7 Å². The number of nitrogens with one attached hydrogen (secondary N) is 1. The highest BCUT2D eigenvalue weighted by atomic mass is 16.6. The van der Waals surface area contributed by atoms with Gasteiger partial charge in [0, 0.05) is 19.5 Å². The molecule has 2 rings (SSSR count). The van der Waals surface area contributed by atoms with E-state index in [2.05, 4.69) is 10.4 Å². The molecule has 106 valence electrons. The zero-order valence-corrected chi connectivity index (χ0v) is 11.8. The first kappa shape index (κ1) is 14.0. The molecule has 1 saturated carbocycles. The summed E-state index contributed by atoms with van der Waals surface area (Å²) in [6.07, 6.45) is 4.66. The Morgan fingerprint density at radius 1 is 1.58 bits per heavy atom. The smallest absolute Gasteiger partial charge is 0.313 e. The van der Waals surface area contributed by atoms with Crippen LogP contribution in [-0.2, 0) is 19.9 Å². The van der Waals surface area contributed by atoms with Gasteiger partial charge in [-0.1, -0.05) is 13.3 Å². The lowest BCUT2D eigenvalue weighted by molar-refractivity contribution is -0.386. The van der Waals surface area contributed by atoms with Crippen molar-refractivity contribution < 1.29 is 4.92 Å². The van der Waals surface area contributed by atoms with Crippen molar-refractivity contribution in [1.29, 1.82) is 0 Å². The van der Waals surface area contributed by atoms with E-state index in [9.17, 15) is 10.1 Å². The first-order valence-corrected chi connectivity index (χ1v) is 6.94. The van der Waals surface area contributed by atoms with Gasteiger partial charge in [0.05, 0.1) is 4.92 Å². The third-order valence-corrected chi connectivity index (χ3v) is 3.85. The second-order valence-electron chi connectivity index (χ2n) is 5.31. The van der Waals surface area contributed by atoms with Crippen LogP contribution in [0, 0.1) is 16.0 Å². The Morgan fingerprint density at radius 2 is 2.26 bits per heavy atom. The normalized spacial score (nSPS) is 16.6. The average molecular weight is 266 g/mol. The monoisotopic (exact) mass is 266 g/mol. The zero-order valence-electron chi connectivity index (χ0n) is 11.8. The number of hydrogen-bond acceptors (Lipinski definition) is 4. The van der Waals surface area contributed by atoms with Crippen LogP contribution in [0.3, 0.4) is 0 Å². The molecule has 1 fully saturated rings. The quantitative estimate of drug-likeness (QED) is 0.603. The lowest BCUT2D eigenvalue weighted by atomic mass is 10.0. The van der Waals surface area contributed by atoms with Crippen molar-refractivity contribution >= 4 is 5.69 Å². The molecule has 19 heavy (non-hydrogen) atoms. The molecule has 0 bridgehead atoms. The van der Waals surface area contributed by atoms with Crippen molar-refractivity contribution in [2.45, 2.75) is 45.1 Å². The predicted octanol–water partition coefficient (Wildman–Crippen LogP) is 1.82. The molecule has 0 spiro atoms. The fourth-order valence-electron chi connectivity index (χ4n) is 2.66. The third-order valence-electron chi connectivity index (χ3n) is 3.85. The van der Waals surface area contributed by atoms with E-state index in [1.165, 1.54) is 12.8 Å². The van der Waals surface area contributed by atoms with Crippen molar-refractivity contribution in [3.8, 4) is 0 Å². The standard InChI is InChI=1S/C13H22N4O2/c1-4-5-10-13(17(18)19)12(16(3)15-10)8-11(14-2)9-6-7-9/h9,11,14H,4-8H2,1-3H3. The molecule has 1 aliphatic carbocycles. The van der Waals surface area contributed by atoms with Crippen LogP contribution >= 0.6 is 0 Å². The number of nitro groups is 1. The van der Waals surface area contributed by atoms with Crippen LogP contribution < -0.4 is 5.32 Å². The molecule has 1 N–H and O–H groups in total. The van der Waals surface area contributed by atoms with Crippen LogP contribution in [0.2, 0.25) is 0 Å². The van der Waals surface area contributed by atoms with Crippen molar-refractivity contribution in [2.24, 2.45) is 13.0 Å². The van der Waals surface area contributed by atoms with E-state index in [0.29, 0.717) is 30.5 Å². The van der Waals surface area contributed by atoms with Gasteiger partial charge in [-0.25, -0.2) is 0 Å². The minimum Gasteiger partial charge on any atom is -0.316 e. The summed E-state index contributed by atoms with van der Waals surface area (Å²) in [4.78, 5) is 11.0. The SMILES string of the molecule is CCCc1nn(C)c(CC(NC)C2CC2)c1[N+](=O)[O-]. The minimum absolute atomic E-state index is 0.227. The molecule has 6 nitrogen and oxygen atoms in total. The Morgan fingerprint density at radius 3 is 2.74 bits per heavy atom. The van der Waals surface area contributed by atoms with E-state index in [4.69, 9.17) is 0 Å². The molecule has 0 amide bonds. The van der Waals surface area contributed by atoms with E-state index >= 15 is 0 Å². The lowest BCUT2D eigenvalue weighted by Gasteiger charge is -2.14. The molecule has 1 aliphatic rings. The van der Waals surface area contributed by atoms with Gasteiger partial charge in [0.25, 0.3) is 0 Å².